The first kappa shape index (κ1) is 13.8. The number of nitrogens with zero attached hydrogens (tertiary/aromatic N) is 2. The fraction of sp³-hybridized carbons (Fsp3) is 0.667. The smallest absolute Gasteiger partial charge is 0.331 e. The summed E-state index contributed by atoms with van der Waals surface area (Å²) in [6.45, 7) is 5.99. The van der Waals surface area contributed by atoms with Crippen molar-refractivity contribution in [2.24, 2.45) is 0 Å². The molecule has 1 aliphatic rings. The van der Waals surface area contributed by atoms with Gasteiger partial charge < -0.3 is 9.84 Å². The average molecular weight is 269 g/mol. The number of ether oxygens (including phenoxy) is 1. The summed E-state index contributed by atoms with van der Waals surface area (Å²) in [6.07, 6.45) is 0.735. The molecular formula is C12H19N3O4. The number of aromatic amines is 1. The van der Waals surface area contributed by atoms with Gasteiger partial charge in [0, 0.05) is 26.2 Å². The van der Waals surface area contributed by atoms with Crippen LogP contribution >= 0.6 is 0 Å². The summed E-state index contributed by atoms with van der Waals surface area (Å²) in [5.41, 5.74) is -0.923. The van der Waals surface area contributed by atoms with Gasteiger partial charge in [-0.25, -0.2) is 4.79 Å². The van der Waals surface area contributed by atoms with Crippen LogP contribution in [0.2, 0.25) is 0 Å². The van der Waals surface area contributed by atoms with Crippen molar-refractivity contribution in [3.8, 4) is 5.88 Å². The highest BCUT2D eigenvalue weighted by molar-refractivity contribution is 5.20. The first-order chi connectivity index (χ1) is 9.09. The number of hydrogen-bond acceptors (Lipinski definition) is 5. The lowest BCUT2D eigenvalue weighted by molar-refractivity contribution is 0.0368. The van der Waals surface area contributed by atoms with Gasteiger partial charge in [0.15, 0.2) is 0 Å². The highest BCUT2D eigenvalue weighted by Crippen LogP contribution is 2.08. The predicted molar refractivity (Wildman–Crippen MR) is 69.6 cm³/mol. The van der Waals surface area contributed by atoms with Crippen LogP contribution in [0.25, 0.3) is 0 Å². The second-order valence-electron chi connectivity index (χ2n) is 4.67. The summed E-state index contributed by atoms with van der Waals surface area (Å²) < 4.78 is 6.46. The van der Waals surface area contributed by atoms with Crippen molar-refractivity contribution < 1.29 is 9.84 Å². The molecule has 0 bridgehead atoms. The number of H-pyrrole nitrogens is 1. The zero-order valence-corrected chi connectivity index (χ0v) is 11.0. The van der Waals surface area contributed by atoms with Crippen LogP contribution in [0.15, 0.2) is 9.59 Å². The van der Waals surface area contributed by atoms with Crippen LogP contribution in [0.4, 0.5) is 0 Å². The van der Waals surface area contributed by atoms with E-state index < -0.39 is 11.2 Å². The lowest BCUT2D eigenvalue weighted by Gasteiger charge is -2.26. The highest BCUT2D eigenvalue weighted by Gasteiger charge is 2.12. The molecule has 0 unspecified atom stereocenters. The Morgan fingerprint density at radius 2 is 1.95 bits per heavy atom. The van der Waals surface area contributed by atoms with Gasteiger partial charge in [0.25, 0.3) is 5.56 Å². The molecule has 0 aromatic carbocycles. The van der Waals surface area contributed by atoms with Crippen molar-refractivity contribution in [2.75, 3.05) is 32.8 Å². The zero-order chi connectivity index (χ0) is 13.8. The van der Waals surface area contributed by atoms with Crippen molar-refractivity contribution >= 4 is 0 Å². The molecule has 0 atom stereocenters. The fourth-order valence-electron chi connectivity index (χ4n) is 2.14. The maximum absolute atomic E-state index is 11.6. The Kier molecular flexibility index (Phi) is 4.39. The molecule has 2 N–H and O–H groups in total. The summed E-state index contributed by atoms with van der Waals surface area (Å²) in [5.74, 6) is -0.240. The summed E-state index contributed by atoms with van der Waals surface area (Å²) in [7, 11) is 0. The summed E-state index contributed by atoms with van der Waals surface area (Å²) in [6, 6.07) is 0. The van der Waals surface area contributed by atoms with E-state index in [-0.39, 0.29) is 11.4 Å². The molecule has 2 heterocycles. The minimum absolute atomic E-state index is 0.172. The van der Waals surface area contributed by atoms with Gasteiger partial charge in [-0.3, -0.25) is 19.2 Å². The van der Waals surface area contributed by atoms with Crippen molar-refractivity contribution in [1.82, 2.24) is 14.5 Å². The Bertz CT molecular complexity index is 543. The number of aromatic nitrogens is 2. The van der Waals surface area contributed by atoms with E-state index in [2.05, 4.69) is 9.88 Å². The Balaban J connectivity index is 1.98. The van der Waals surface area contributed by atoms with Gasteiger partial charge in [-0.05, 0) is 13.3 Å². The Morgan fingerprint density at radius 3 is 2.63 bits per heavy atom. The SMILES string of the molecule is Cc1c(O)n(CCCN2CCOCC2)c(=O)[nH]c1=O. The number of rotatable bonds is 4. The van der Waals surface area contributed by atoms with Crippen LogP contribution in [-0.2, 0) is 11.3 Å². The van der Waals surface area contributed by atoms with E-state index in [1.165, 1.54) is 11.5 Å². The standard InChI is InChI=1S/C12H19N3O4/c1-9-10(16)13-12(18)15(11(9)17)4-2-3-14-5-7-19-8-6-14/h17H,2-8H2,1H3,(H,13,16,18). The Morgan fingerprint density at radius 1 is 1.26 bits per heavy atom. The lowest BCUT2D eigenvalue weighted by Crippen LogP contribution is -2.38. The molecule has 19 heavy (non-hydrogen) atoms. The topological polar surface area (TPSA) is 87.6 Å². The van der Waals surface area contributed by atoms with Gasteiger partial charge >= 0.3 is 5.69 Å². The number of hydrogen-bond donors (Lipinski definition) is 2. The Labute approximate surface area is 110 Å². The van der Waals surface area contributed by atoms with Gasteiger partial charge in [0.1, 0.15) is 0 Å². The van der Waals surface area contributed by atoms with Crippen molar-refractivity contribution in [1.29, 1.82) is 0 Å². The molecule has 0 spiro atoms. The molecule has 2 rings (SSSR count). The van der Waals surface area contributed by atoms with Crippen molar-refractivity contribution in [3.63, 3.8) is 0 Å². The Hall–Kier alpha value is -1.60. The normalized spacial score (nSPS) is 16.7. The fourth-order valence-corrected chi connectivity index (χ4v) is 2.14. The lowest BCUT2D eigenvalue weighted by atomic mass is 10.3. The second kappa shape index (κ2) is 6.03. The first-order valence-corrected chi connectivity index (χ1v) is 6.42. The largest absolute Gasteiger partial charge is 0.494 e. The van der Waals surface area contributed by atoms with Gasteiger partial charge in [-0.2, -0.15) is 0 Å². The molecule has 1 aromatic rings. The van der Waals surface area contributed by atoms with E-state index >= 15 is 0 Å². The molecule has 7 nitrogen and oxygen atoms in total. The molecule has 0 saturated carbocycles. The van der Waals surface area contributed by atoms with Crippen molar-refractivity contribution in [2.45, 2.75) is 19.9 Å². The molecule has 7 heteroatoms. The van der Waals surface area contributed by atoms with Gasteiger partial charge in [-0.15, -0.1) is 0 Å². The third kappa shape index (κ3) is 3.24. The second-order valence-corrected chi connectivity index (χ2v) is 4.67. The van der Waals surface area contributed by atoms with E-state index in [0.717, 1.165) is 39.3 Å². The first-order valence-electron chi connectivity index (χ1n) is 6.42. The molecule has 0 aliphatic carbocycles. The van der Waals surface area contributed by atoms with Gasteiger partial charge in [0.2, 0.25) is 5.88 Å². The van der Waals surface area contributed by atoms with Crippen LogP contribution in [0, 0.1) is 6.92 Å². The molecule has 1 aromatic heterocycles. The minimum atomic E-state index is -0.560. The number of morpholine rings is 1. The highest BCUT2D eigenvalue weighted by atomic mass is 16.5. The van der Waals surface area contributed by atoms with Crippen molar-refractivity contribution in [3.05, 3.63) is 26.4 Å². The summed E-state index contributed by atoms with van der Waals surface area (Å²) in [4.78, 5) is 27.3. The molecule has 1 fully saturated rings. The number of aromatic hydroxyl groups is 1. The molecular weight excluding hydrogens is 250 g/mol. The maximum atomic E-state index is 11.6. The van der Waals surface area contributed by atoms with Crippen LogP contribution < -0.4 is 11.2 Å². The third-order valence-electron chi connectivity index (χ3n) is 3.36. The zero-order valence-electron chi connectivity index (χ0n) is 11.0. The van der Waals surface area contributed by atoms with E-state index in [4.69, 9.17) is 4.74 Å². The predicted octanol–water partition coefficient (Wildman–Crippen LogP) is -0.727. The molecule has 0 amide bonds. The quantitative estimate of drug-likeness (QED) is 0.752. The van der Waals surface area contributed by atoms with Crippen LogP contribution in [0.3, 0.4) is 0 Å². The molecule has 1 aliphatic heterocycles. The van der Waals surface area contributed by atoms with Crippen LogP contribution in [0.5, 0.6) is 5.88 Å². The molecule has 106 valence electrons. The van der Waals surface area contributed by atoms with E-state index in [9.17, 15) is 14.7 Å². The monoisotopic (exact) mass is 269 g/mol. The van der Waals surface area contributed by atoms with E-state index in [1.54, 1.807) is 0 Å². The van der Waals surface area contributed by atoms with Gasteiger partial charge in [0.05, 0.1) is 18.8 Å². The van der Waals surface area contributed by atoms with Gasteiger partial charge in [-0.1, -0.05) is 0 Å². The summed E-state index contributed by atoms with van der Waals surface area (Å²) in [5, 5.41) is 9.81. The molecule has 1 saturated heterocycles. The van der Waals surface area contributed by atoms with Crippen LogP contribution in [-0.4, -0.2) is 52.4 Å². The van der Waals surface area contributed by atoms with E-state index in [0.29, 0.717) is 6.54 Å². The van der Waals surface area contributed by atoms with E-state index in [1.807, 2.05) is 0 Å². The number of nitrogens with one attached hydrogen (secondary N) is 1. The molecule has 0 radical (unpaired) electrons. The maximum Gasteiger partial charge on any atom is 0.331 e. The average Bonchev–Trinajstić information content (AvgIpc) is 2.41. The minimum Gasteiger partial charge on any atom is -0.494 e. The third-order valence-corrected chi connectivity index (χ3v) is 3.36. The summed E-state index contributed by atoms with van der Waals surface area (Å²) >= 11 is 0. The van der Waals surface area contributed by atoms with Crippen LogP contribution in [0.1, 0.15) is 12.0 Å².